The normalized spacial score (nSPS) is 44.9. The van der Waals surface area contributed by atoms with Crippen molar-refractivity contribution in [1.29, 1.82) is 5.26 Å². The molecule has 3 unspecified atom stereocenters. The van der Waals surface area contributed by atoms with Gasteiger partial charge in [-0.25, -0.2) is 0 Å². The molecule has 0 aromatic carbocycles. The third-order valence-corrected chi connectivity index (χ3v) is 2.03. The molecule has 0 N–H and O–H groups in total. The van der Waals surface area contributed by atoms with Crippen LogP contribution >= 0.6 is 0 Å². The average molecular weight is 156 g/mol. The summed E-state index contributed by atoms with van der Waals surface area (Å²) in [6, 6.07) is -0.254. The lowest BCUT2D eigenvalue weighted by Gasteiger charge is -2.44. The van der Waals surface area contributed by atoms with Gasteiger partial charge in [-0.1, -0.05) is 0 Å². The summed E-state index contributed by atoms with van der Waals surface area (Å²) in [5.41, 5.74) is 0. The Bertz CT molecular complexity index is 189. The number of hydroxylamine groups is 3. The number of morpholine rings is 1. The van der Waals surface area contributed by atoms with Crippen molar-refractivity contribution in [1.82, 2.24) is 0 Å². The SMILES string of the molecule is CC1C[N+]([O-])(C#N)C(C)CO1. The lowest BCUT2D eigenvalue weighted by atomic mass is 10.2. The van der Waals surface area contributed by atoms with Crippen molar-refractivity contribution < 1.29 is 9.38 Å². The summed E-state index contributed by atoms with van der Waals surface area (Å²) in [5.74, 6) is 0. The number of ether oxygens (including phenoxy) is 1. The summed E-state index contributed by atoms with van der Waals surface area (Å²) in [6.07, 6.45) is 1.67. The van der Waals surface area contributed by atoms with Gasteiger partial charge in [0.05, 0.1) is 0 Å². The highest BCUT2D eigenvalue weighted by atomic mass is 16.6. The van der Waals surface area contributed by atoms with E-state index in [1.165, 1.54) is 0 Å². The van der Waals surface area contributed by atoms with Gasteiger partial charge in [0.15, 0.2) is 0 Å². The van der Waals surface area contributed by atoms with Crippen LogP contribution in [-0.2, 0) is 4.74 Å². The number of hydrogen-bond acceptors (Lipinski definition) is 3. The monoisotopic (exact) mass is 156 g/mol. The van der Waals surface area contributed by atoms with Gasteiger partial charge >= 0.3 is 6.19 Å². The lowest BCUT2D eigenvalue weighted by molar-refractivity contribution is -0.853. The molecule has 0 amide bonds. The Hall–Kier alpha value is -0.630. The van der Waals surface area contributed by atoms with Gasteiger partial charge in [0.25, 0.3) is 0 Å². The second-order valence-corrected chi connectivity index (χ2v) is 3.07. The smallest absolute Gasteiger partial charge is 0.309 e. The van der Waals surface area contributed by atoms with Gasteiger partial charge in [-0.05, 0) is 13.8 Å². The van der Waals surface area contributed by atoms with Crippen LogP contribution in [0.1, 0.15) is 13.8 Å². The number of rotatable bonds is 0. The molecule has 4 heteroatoms. The molecule has 1 aliphatic heterocycles. The predicted molar refractivity (Wildman–Crippen MR) is 39.0 cm³/mol. The molecule has 0 aliphatic carbocycles. The highest BCUT2D eigenvalue weighted by molar-refractivity contribution is 4.72. The van der Waals surface area contributed by atoms with Crippen LogP contribution in [0.15, 0.2) is 0 Å². The van der Waals surface area contributed by atoms with Crippen molar-refractivity contribution in [3.8, 4) is 6.19 Å². The van der Waals surface area contributed by atoms with Crippen LogP contribution in [0.2, 0.25) is 0 Å². The second kappa shape index (κ2) is 2.78. The minimum atomic E-state index is -0.777. The third kappa shape index (κ3) is 1.51. The predicted octanol–water partition coefficient (Wildman–Crippen LogP) is 0.589. The van der Waals surface area contributed by atoms with Crippen molar-refractivity contribution in [2.75, 3.05) is 13.2 Å². The molecule has 0 bridgehead atoms. The van der Waals surface area contributed by atoms with Crippen LogP contribution < -0.4 is 0 Å². The quantitative estimate of drug-likeness (QED) is 0.293. The molecule has 1 rings (SSSR count). The van der Waals surface area contributed by atoms with Crippen LogP contribution in [0.3, 0.4) is 0 Å². The molecule has 0 radical (unpaired) electrons. The standard InChI is InChI=1S/C7H12N2O2/c1-6-4-11-7(2)3-9(6,10)5-8/h6-7H,3-4H2,1-2H3. The Morgan fingerprint density at radius 3 is 2.73 bits per heavy atom. The van der Waals surface area contributed by atoms with Crippen LogP contribution in [0.25, 0.3) is 0 Å². The van der Waals surface area contributed by atoms with Crippen LogP contribution in [0.5, 0.6) is 0 Å². The van der Waals surface area contributed by atoms with Gasteiger partial charge in [-0.3, -0.25) is 4.65 Å². The zero-order valence-electron chi connectivity index (χ0n) is 6.78. The van der Waals surface area contributed by atoms with E-state index in [0.717, 1.165) is 0 Å². The maximum Gasteiger partial charge on any atom is 0.309 e. The molecule has 3 atom stereocenters. The number of quaternary nitrogens is 1. The van der Waals surface area contributed by atoms with Crippen LogP contribution in [-0.4, -0.2) is 29.9 Å². The van der Waals surface area contributed by atoms with Crippen molar-refractivity contribution >= 4 is 0 Å². The third-order valence-electron chi connectivity index (χ3n) is 2.03. The van der Waals surface area contributed by atoms with Crippen LogP contribution in [0.4, 0.5) is 0 Å². The number of nitrogens with zero attached hydrogens (tertiary/aromatic N) is 2. The molecule has 1 fully saturated rings. The molecule has 0 saturated carbocycles. The Labute approximate surface area is 66.1 Å². The molecule has 62 valence electrons. The molecular formula is C7H12N2O2. The Balaban J connectivity index is 2.70. The molecule has 0 aromatic heterocycles. The van der Waals surface area contributed by atoms with E-state index in [1.807, 2.05) is 6.92 Å². The second-order valence-electron chi connectivity index (χ2n) is 3.07. The first kappa shape index (κ1) is 8.47. The number of hydrogen-bond donors (Lipinski definition) is 0. The first-order valence-corrected chi connectivity index (χ1v) is 3.70. The summed E-state index contributed by atoms with van der Waals surface area (Å²) >= 11 is 0. The lowest BCUT2D eigenvalue weighted by Crippen LogP contribution is -2.55. The summed E-state index contributed by atoms with van der Waals surface area (Å²) in [6.45, 7) is 4.19. The van der Waals surface area contributed by atoms with Crippen molar-refractivity contribution in [3.05, 3.63) is 5.21 Å². The fraction of sp³-hybridized carbons (Fsp3) is 0.857. The van der Waals surface area contributed by atoms with E-state index in [0.29, 0.717) is 6.61 Å². The van der Waals surface area contributed by atoms with Crippen molar-refractivity contribution in [2.24, 2.45) is 0 Å². The maximum atomic E-state index is 11.5. The average Bonchev–Trinajstić information content (AvgIpc) is 1.98. The fourth-order valence-electron chi connectivity index (χ4n) is 1.18. The minimum Gasteiger partial charge on any atom is -0.617 e. The molecule has 11 heavy (non-hydrogen) atoms. The molecule has 0 aromatic rings. The Kier molecular flexibility index (Phi) is 2.14. The first-order chi connectivity index (χ1) is 5.08. The highest BCUT2D eigenvalue weighted by Crippen LogP contribution is 2.18. The molecule has 4 nitrogen and oxygen atoms in total. The van der Waals surface area contributed by atoms with E-state index < -0.39 is 4.65 Å². The minimum absolute atomic E-state index is 0.0941. The molecule has 1 saturated heterocycles. The van der Waals surface area contributed by atoms with Gasteiger partial charge in [0.1, 0.15) is 25.3 Å². The zero-order valence-corrected chi connectivity index (χ0v) is 6.78. The van der Waals surface area contributed by atoms with Crippen molar-refractivity contribution in [2.45, 2.75) is 26.0 Å². The summed E-state index contributed by atoms with van der Waals surface area (Å²) in [5, 5.41) is 20.1. The van der Waals surface area contributed by atoms with Crippen molar-refractivity contribution in [3.63, 3.8) is 0 Å². The summed E-state index contributed by atoms with van der Waals surface area (Å²) < 4.78 is 4.44. The van der Waals surface area contributed by atoms with Gasteiger partial charge in [0, 0.05) is 0 Å². The molecule has 1 aliphatic rings. The van der Waals surface area contributed by atoms with Gasteiger partial charge in [-0.15, -0.1) is 5.26 Å². The van der Waals surface area contributed by atoms with Gasteiger partial charge < -0.3 is 9.94 Å². The fourth-order valence-corrected chi connectivity index (χ4v) is 1.18. The van der Waals surface area contributed by atoms with Gasteiger partial charge in [-0.2, -0.15) is 0 Å². The summed E-state index contributed by atoms with van der Waals surface area (Å²) in [7, 11) is 0. The van der Waals surface area contributed by atoms with Gasteiger partial charge in [0.2, 0.25) is 0 Å². The maximum absolute atomic E-state index is 11.5. The number of nitriles is 1. The van der Waals surface area contributed by atoms with E-state index in [4.69, 9.17) is 10.00 Å². The highest BCUT2D eigenvalue weighted by Gasteiger charge is 2.33. The van der Waals surface area contributed by atoms with E-state index in [9.17, 15) is 5.21 Å². The first-order valence-electron chi connectivity index (χ1n) is 3.70. The van der Waals surface area contributed by atoms with E-state index in [2.05, 4.69) is 0 Å². The largest absolute Gasteiger partial charge is 0.617 e. The molecule has 1 heterocycles. The summed E-state index contributed by atoms with van der Waals surface area (Å²) in [4.78, 5) is 0. The zero-order chi connectivity index (χ0) is 8.48. The van der Waals surface area contributed by atoms with Crippen LogP contribution in [0, 0.1) is 16.7 Å². The van der Waals surface area contributed by atoms with E-state index in [1.54, 1.807) is 13.1 Å². The Morgan fingerprint density at radius 1 is 1.64 bits per heavy atom. The van der Waals surface area contributed by atoms with E-state index >= 15 is 0 Å². The molecule has 0 spiro atoms. The molecular weight excluding hydrogens is 144 g/mol. The topological polar surface area (TPSA) is 56.1 Å². The van der Waals surface area contributed by atoms with E-state index in [-0.39, 0.29) is 18.7 Å². The Morgan fingerprint density at radius 2 is 2.27 bits per heavy atom.